The molecular weight excluding hydrogens is 881 g/mol. The fourth-order valence-electron chi connectivity index (χ4n) is 12.6. The van der Waals surface area contributed by atoms with Crippen molar-refractivity contribution in [1.29, 1.82) is 0 Å². The van der Waals surface area contributed by atoms with Gasteiger partial charge in [0, 0.05) is 33.5 Å². The van der Waals surface area contributed by atoms with Gasteiger partial charge in [-0.2, -0.15) is 0 Å². The minimum absolute atomic E-state index is 0.458. The maximum atomic E-state index is 2.49. The molecule has 1 aromatic heterocycles. The first-order valence-corrected chi connectivity index (χ1v) is 25.3. The van der Waals surface area contributed by atoms with Crippen molar-refractivity contribution in [3.05, 3.63) is 301 Å². The zero-order chi connectivity index (χ0) is 48.0. The predicted molar refractivity (Wildman–Crippen MR) is 306 cm³/mol. The lowest BCUT2D eigenvalue weighted by atomic mass is 9.70. The third-order valence-electron chi connectivity index (χ3n) is 15.8. The zero-order valence-corrected chi connectivity index (χ0v) is 40.0. The third-order valence-corrected chi connectivity index (χ3v) is 15.8. The van der Waals surface area contributed by atoms with Gasteiger partial charge in [-0.25, -0.2) is 0 Å². The molecule has 0 radical (unpaired) electrons. The van der Waals surface area contributed by atoms with Crippen molar-refractivity contribution in [2.45, 2.75) is 5.41 Å². The molecule has 0 amide bonds. The van der Waals surface area contributed by atoms with Gasteiger partial charge in [-0.05, 0) is 161 Å². The first-order valence-electron chi connectivity index (χ1n) is 25.3. The van der Waals surface area contributed by atoms with Crippen molar-refractivity contribution < 1.29 is 0 Å². The molecule has 2 aliphatic rings. The maximum absolute atomic E-state index is 2.49. The fourth-order valence-corrected chi connectivity index (χ4v) is 12.6. The lowest BCUT2D eigenvalue weighted by Crippen LogP contribution is -2.26. The van der Waals surface area contributed by atoms with Crippen LogP contribution in [-0.2, 0) is 5.41 Å². The van der Waals surface area contributed by atoms with E-state index < -0.39 is 5.41 Å². The lowest BCUT2D eigenvalue weighted by Gasteiger charge is -2.32. The molecule has 0 bridgehead atoms. The number of aromatic nitrogens is 1. The van der Waals surface area contributed by atoms with Gasteiger partial charge in [-0.3, -0.25) is 0 Å². The minimum Gasteiger partial charge on any atom is -0.310 e. The van der Waals surface area contributed by atoms with Gasteiger partial charge in [0.25, 0.3) is 0 Å². The van der Waals surface area contributed by atoms with Crippen LogP contribution in [0.2, 0.25) is 0 Å². The number of nitrogens with zero attached hydrogens (tertiary/aromatic N) is 2. The monoisotopic (exact) mass is 926 g/mol. The Morgan fingerprint density at radius 2 is 0.699 bits per heavy atom. The van der Waals surface area contributed by atoms with Gasteiger partial charge in [0.2, 0.25) is 0 Å². The molecule has 1 spiro atoms. The Labute approximate surface area is 425 Å². The van der Waals surface area contributed by atoms with Gasteiger partial charge in [0.05, 0.1) is 16.4 Å². The van der Waals surface area contributed by atoms with Crippen molar-refractivity contribution in [2.24, 2.45) is 0 Å². The van der Waals surface area contributed by atoms with E-state index in [4.69, 9.17) is 0 Å². The summed E-state index contributed by atoms with van der Waals surface area (Å²) in [5.41, 5.74) is 24.1. The number of benzene rings is 12. The molecule has 1 heterocycles. The van der Waals surface area contributed by atoms with Gasteiger partial charge in [-0.1, -0.05) is 206 Å². The van der Waals surface area contributed by atoms with Crippen LogP contribution in [0, 0.1) is 0 Å². The smallest absolute Gasteiger partial charge is 0.0726 e. The summed E-state index contributed by atoms with van der Waals surface area (Å²) in [6.45, 7) is 0. The number of hydrogen-bond donors (Lipinski definition) is 0. The van der Waals surface area contributed by atoms with Crippen LogP contribution >= 0.6 is 0 Å². The Hall–Kier alpha value is -9.50. The van der Waals surface area contributed by atoms with Crippen molar-refractivity contribution in [2.75, 3.05) is 4.90 Å². The summed E-state index contributed by atoms with van der Waals surface area (Å²) in [7, 11) is 0. The molecule has 15 rings (SSSR count). The Kier molecular flexibility index (Phi) is 9.21. The van der Waals surface area contributed by atoms with Gasteiger partial charge < -0.3 is 9.47 Å². The van der Waals surface area contributed by atoms with E-state index in [0.717, 1.165) is 22.7 Å². The molecule has 2 aliphatic carbocycles. The standard InChI is InChI=1S/C71H46N2/c1-3-16-47(17-4-1)51-32-42-69-63(44-51)64-45-52(48-18-5-2-6-19-48)33-43-70(64)73(69)55-38-36-54(37-39-55)72(53-34-30-50(31-35-53)58-26-15-21-49-20-7-8-22-57(49)58)56-40-41-62-61-25-11-14-29-67(61)71(68(62)46-56)65-27-12-9-23-59(65)60-24-10-13-28-66(60)71/h1-46H. The quantitative estimate of drug-likeness (QED) is 0.155. The number of fused-ring (bicyclic) bond motifs is 14. The van der Waals surface area contributed by atoms with Crippen molar-refractivity contribution in [1.82, 2.24) is 4.57 Å². The molecule has 0 saturated heterocycles. The molecule has 13 aromatic rings. The van der Waals surface area contributed by atoms with Crippen LogP contribution in [0.1, 0.15) is 22.3 Å². The number of anilines is 3. The zero-order valence-electron chi connectivity index (χ0n) is 40.0. The van der Waals surface area contributed by atoms with Crippen LogP contribution in [0.3, 0.4) is 0 Å². The summed E-state index contributed by atoms with van der Waals surface area (Å²) >= 11 is 0. The molecule has 2 heteroatoms. The second-order valence-electron chi connectivity index (χ2n) is 19.6. The molecule has 0 aliphatic heterocycles. The van der Waals surface area contributed by atoms with E-state index in [0.29, 0.717) is 0 Å². The van der Waals surface area contributed by atoms with Crippen LogP contribution in [0.4, 0.5) is 17.1 Å². The van der Waals surface area contributed by atoms with Crippen molar-refractivity contribution in [3.8, 4) is 61.3 Å². The van der Waals surface area contributed by atoms with Gasteiger partial charge >= 0.3 is 0 Å². The van der Waals surface area contributed by atoms with E-state index in [1.165, 1.54) is 110 Å². The molecule has 0 saturated carbocycles. The molecule has 73 heavy (non-hydrogen) atoms. The molecular formula is C71H46N2. The molecule has 2 nitrogen and oxygen atoms in total. The topological polar surface area (TPSA) is 8.17 Å². The van der Waals surface area contributed by atoms with Gasteiger partial charge in [0.15, 0.2) is 0 Å². The predicted octanol–water partition coefficient (Wildman–Crippen LogP) is 18.8. The van der Waals surface area contributed by atoms with E-state index in [9.17, 15) is 0 Å². The molecule has 0 atom stereocenters. The van der Waals surface area contributed by atoms with Crippen molar-refractivity contribution in [3.63, 3.8) is 0 Å². The van der Waals surface area contributed by atoms with Crippen molar-refractivity contribution >= 4 is 49.6 Å². The van der Waals surface area contributed by atoms with Crippen LogP contribution < -0.4 is 4.90 Å². The van der Waals surface area contributed by atoms with Crippen LogP contribution in [0.15, 0.2) is 279 Å². The van der Waals surface area contributed by atoms with E-state index in [1.807, 2.05) is 0 Å². The van der Waals surface area contributed by atoms with Gasteiger partial charge in [0.1, 0.15) is 0 Å². The lowest BCUT2D eigenvalue weighted by molar-refractivity contribution is 0.793. The largest absolute Gasteiger partial charge is 0.310 e. The number of rotatable bonds is 7. The second kappa shape index (κ2) is 16.3. The molecule has 340 valence electrons. The average Bonchev–Trinajstić information content (AvgIpc) is 4.08. The first kappa shape index (κ1) is 41.3. The van der Waals surface area contributed by atoms with Crippen LogP contribution in [-0.4, -0.2) is 4.57 Å². The van der Waals surface area contributed by atoms with E-state index in [-0.39, 0.29) is 0 Å². The summed E-state index contributed by atoms with van der Waals surface area (Å²) in [6, 6.07) is 103. The van der Waals surface area contributed by atoms with E-state index in [1.54, 1.807) is 0 Å². The van der Waals surface area contributed by atoms with Crippen LogP contribution in [0.25, 0.3) is 93.9 Å². The summed E-state index contributed by atoms with van der Waals surface area (Å²) in [5, 5.41) is 4.96. The van der Waals surface area contributed by atoms with Crippen LogP contribution in [0.5, 0.6) is 0 Å². The average molecular weight is 927 g/mol. The summed E-state index contributed by atoms with van der Waals surface area (Å²) in [5.74, 6) is 0. The Bertz CT molecular complexity index is 4130. The van der Waals surface area contributed by atoms with E-state index >= 15 is 0 Å². The second-order valence-corrected chi connectivity index (χ2v) is 19.6. The number of hydrogen-bond acceptors (Lipinski definition) is 1. The molecule has 12 aromatic carbocycles. The highest BCUT2D eigenvalue weighted by molar-refractivity contribution is 6.12. The molecule has 0 fully saturated rings. The highest BCUT2D eigenvalue weighted by Gasteiger charge is 2.51. The Balaban J connectivity index is 0.913. The highest BCUT2D eigenvalue weighted by Crippen LogP contribution is 2.63. The molecule has 0 unspecified atom stereocenters. The Morgan fingerprint density at radius 1 is 0.260 bits per heavy atom. The molecule has 0 N–H and O–H groups in total. The normalized spacial score (nSPS) is 12.8. The third kappa shape index (κ3) is 6.24. The highest BCUT2D eigenvalue weighted by atomic mass is 15.1. The fraction of sp³-hybridized carbons (Fsp3) is 0.0141. The van der Waals surface area contributed by atoms with Gasteiger partial charge in [-0.15, -0.1) is 0 Å². The SMILES string of the molecule is c1ccc(-c2ccc3c(c2)c2cc(-c4ccccc4)ccc2n3-c2ccc(N(c3ccc(-c4cccc5ccccc45)cc3)c3ccc4c(c3)C3(c5ccccc5-c5ccccc53)c3ccccc3-4)cc2)cc1. The maximum Gasteiger partial charge on any atom is 0.0726 e. The Morgan fingerprint density at radius 3 is 1.27 bits per heavy atom. The summed E-state index contributed by atoms with van der Waals surface area (Å²) < 4.78 is 2.44. The summed E-state index contributed by atoms with van der Waals surface area (Å²) in [6.07, 6.45) is 0. The minimum atomic E-state index is -0.458. The first-order chi connectivity index (χ1) is 36.2. The van der Waals surface area contributed by atoms with E-state index in [2.05, 4.69) is 289 Å². The summed E-state index contributed by atoms with van der Waals surface area (Å²) in [4.78, 5) is 2.45.